The van der Waals surface area contributed by atoms with Crippen molar-refractivity contribution in [1.82, 2.24) is 5.01 Å². The van der Waals surface area contributed by atoms with Crippen molar-refractivity contribution < 1.29 is 4.74 Å². The molecule has 2 aromatic rings. The van der Waals surface area contributed by atoms with E-state index in [1.807, 2.05) is 18.2 Å². The number of halogens is 1. The van der Waals surface area contributed by atoms with E-state index in [4.69, 9.17) is 9.84 Å². The van der Waals surface area contributed by atoms with Crippen molar-refractivity contribution in [3.63, 3.8) is 0 Å². The molecule has 2 aromatic carbocycles. The molecule has 0 bridgehead atoms. The molecular weight excluding hydrogens is 328 g/mol. The van der Waals surface area contributed by atoms with Crippen molar-refractivity contribution in [1.29, 1.82) is 0 Å². The first-order valence-electron chi connectivity index (χ1n) is 7.10. The molecule has 21 heavy (non-hydrogen) atoms. The summed E-state index contributed by atoms with van der Waals surface area (Å²) in [5, 5.41) is 6.88. The van der Waals surface area contributed by atoms with Crippen molar-refractivity contribution in [2.45, 2.75) is 25.6 Å². The van der Waals surface area contributed by atoms with Gasteiger partial charge in [0.1, 0.15) is 5.75 Å². The molecule has 2 atom stereocenters. The van der Waals surface area contributed by atoms with Crippen LogP contribution in [0.4, 0.5) is 0 Å². The molecule has 0 radical (unpaired) electrons. The second kappa shape index (κ2) is 4.88. The third kappa shape index (κ3) is 2.14. The van der Waals surface area contributed by atoms with E-state index in [9.17, 15) is 0 Å². The maximum absolute atomic E-state index is 5.98. The van der Waals surface area contributed by atoms with Crippen LogP contribution in [0.2, 0.25) is 0 Å². The van der Waals surface area contributed by atoms with Crippen LogP contribution in [0.15, 0.2) is 58.1 Å². The Morgan fingerprint density at radius 3 is 2.81 bits per heavy atom. The molecule has 0 unspecified atom stereocenters. The molecule has 0 amide bonds. The van der Waals surface area contributed by atoms with E-state index in [-0.39, 0.29) is 12.3 Å². The Kier molecular flexibility index (Phi) is 3.00. The zero-order chi connectivity index (χ0) is 14.4. The van der Waals surface area contributed by atoms with Gasteiger partial charge in [-0.25, -0.2) is 0 Å². The van der Waals surface area contributed by atoms with Crippen molar-refractivity contribution in [2.75, 3.05) is 0 Å². The molecule has 2 heterocycles. The Hall–Kier alpha value is -1.81. The zero-order valence-corrected chi connectivity index (χ0v) is 13.2. The van der Waals surface area contributed by atoms with Crippen molar-refractivity contribution in [3.8, 4) is 5.75 Å². The molecule has 2 aliphatic heterocycles. The van der Waals surface area contributed by atoms with E-state index in [0.29, 0.717) is 0 Å². The molecule has 0 aliphatic carbocycles. The van der Waals surface area contributed by atoms with Gasteiger partial charge in [-0.05, 0) is 30.7 Å². The maximum Gasteiger partial charge on any atom is 0.185 e. The molecular formula is C17H15BrN2O. The van der Waals surface area contributed by atoms with Crippen molar-refractivity contribution in [3.05, 3.63) is 64.1 Å². The number of hydrazone groups is 1. The van der Waals surface area contributed by atoms with Gasteiger partial charge in [0.15, 0.2) is 6.23 Å². The standard InChI is InChI=1S/C17H15BrN2O/c1-11-20-16(14-9-13(18)7-8-17(14)21-11)10-15(19-20)12-5-3-2-4-6-12/h2-9,11,16H,10H2,1H3/t11-,16+/m1/s1. The summed E-state index contributed by atoms with van der Waals surface area (Å²) in [6.07, 6.45) is 0.881. The highest BCUT2D eigenvalue weighted by atomic mass is 79.9. The predicted molar refractivity (Wildman–Crippen MR) is 86.4 cm³/mol. The first-order valence-corrected chi connectivity index (χ1v) is 7.89. The lowest BCUT2D eigenvalue weighted by molar-refractivity contribution is -0.00339. The van der Waals surface area contributed by atoms with Crippen LogP contribution in [-0.2, 0) is 0 Å². The van der Waals surface area contributed by atoms with E-state index >= 15 is 0 Å². The second-order valence-corrected chi connectivity index (χ2v) is 6.33. The van der Waals surface area contributed by atoms with E-state index < -0.39 is 0 Å². The summed E-state index contributed by atoms with van der Waals surface area (Å²) in [7, 11) is 0. The molecule has 0 saturated carbocycles. The van der Waals surface area contributed by atoms with Gasteiger partial charge in [-0.1, -0.05) is 46.3 Å². The molecule has 0 fully saturated rings. The molecule has 106 valence electrons. The van der Waals surface area contributed by atoms with Gasteiger partial charge in [-0.2, -0.15) is 5.10 Å². The minimum absolute atomic E-state index is 0.0371. The smallest absolute Gasteiger partial charge is 0.185 e. The van der Waals surface area contributed by atoms with Gasteiger partial charge in [0, 0.05) is 16.5 Å². The molecule has 2 aliphatic rings. The number of benzene rings is 2. The average molecular weight is 343 g/mol. The van der Waals surface area contributed by atoms with Crippen LogP contribution in [0, 0.1) is 0 Å². The summed E-state index contributed by atoms with van der Waals surface area (Å²) in [6, 6.07) is 16.8. The van der Waals surface area contributed by atoms with Crippen LogP contribution in [0.3, 0.4) is 0 Å². The van der Waals surface area contributed by atoms with E-state index in [0.717, 1.165) is 22.4 Å². The summed E-state index contributed by atoms with van der Waals surface area (Å²) in [5.74, 6) is 0.969. The molecule has 0 N–H and O–H groups in total. The van der Waals surface area contributed by atoms with Gasteiger partial charge in [0.2, 0.25) is 0 Å². The van der Waals surface area contributed by atoms with Gasteiger partial charge < -0.3 is 4.74 Å². The number of hydrogen-bond acceptors (Lipinski definition) is 3. The average Bonchev–Trinajstić information content (AvgIpc) is 2.95. The summed E-state index contributed by atoms with van der Waals surface area (Å²) < 4.78 is 7.06. The Labute approximate surface area is 132 Å². The monoisotopic (exact) mass is 342 g/mol. The van der Waals surface area contributed by atoms with Gasteiger partial charge in [0.05, 0.1) is 11.8 Å². The predicted octanol–water partition coefficient (Wildman–Crippen LogP) is 4.34. The third-order valence-corrected chi connectivity index (χ3v) is 4.54. The number of ether oxygens (including phenoxy) is 1. The van der Waals surface area contributed by atoms with Gasteiger partial charge in [-0.3, -0.25) is 5.01 Å². The molecule has 3 nitrogen and oxygen atoms in total. The minimum Gasteiger partial charge on any atom is -0.469 e. The van der Waals surface area contributed by atoms with E-state index in [1.165, 1.54) is 11.1 Å². The fourth-order valence-electron chi connectivity index (χ4n) is 3.04. The fraction of sp³-hybridized carbons (Fsp3) is 0.235. The summed E-state index contributed by atoms with van der Waals surface area (Å²) in [4.78, 5) is 0. The van der Waals surface area contributed by atoms with Gasteiger partial charge in [-0.15, -0.1) is 0 Å². The normalized spacial score (nSPS) is 23.1. The lowest BCUT2D eigenvalue weighted by atomic mass is 9.97. The first-order chi connectivity index (χ1) is 10.2. The Bertz CT molecular complexity index is 714. The molecule has 4 rings (SSSR count). The highest BCUT2D eigenvalue weighted by Gasteiger charge is 2.38. The number of fused-ring (bicyclic) bond motifs is 3. The highest BCUT2D eigenvalue weighted by molar-refractivity contribution is 9.10. The minimum atomic E-state index is -0.0371. The summed E-state index contributed by atoms with van der Waals surface area (Å²) in [6.45, 7) is 2.05. The molecule has 0 spiro atoms. The fourth-order valence-corrected chi connectivity index (χ4v) is 3.42. The summed E-state index contributed by atoms with van der Waals surface area (Å²) >= 11 is 3.55. The maximum atomic E-state index is 5.98. The van der Waals surface area contributed by atoms with Gasteiger partial charge >= 0.3 is 0 Å². The van der Waals surface area contributed by atoms with Crippen molar-refractivity contribution in [2.24, 2.45) is 5.10 Å². The Morgan fingerprint density at radius 2 is 2.00 bits per heavy atom. The van der Waals surface area contributed by atoms with Crippen LogP contribution in [0.25, 0.3) is 0 Å². The number of rotatable bonds is 1. The zero-order valence-electron chi connectivity index (χ0n) is 11.7. The van der Waals surface area contributed by atoms with E-state index in [2.05, 4.69) is 58.2 Å². The topological polar surface area (TPSA) is 24.8 Å². The lowest BCUT2D eigenvalue weighted by Gasteiger charge is -2.36. The lowest BCUT2D eigenvalue weighted by Crippen LogP contribution is -2.37. The van der Waals surface area contributed by atoms with Crippen LogP contribution >= 0.6 is 15.9 Å². The largest absolute Gasteiger partial charge is 0.469 e. The highest BCUT2D eigenvalue weighted by Crippen LogP contribution is 2.43. The van der Waals surface area contributed by atoms with E-state index in [1.54, 1.807) is 0 Å². The quantitative estimate of drug-likeness (QED) is 0.770. The molecule has 0 saturated heterocycles. The number of hydrogen-bond donors (Lipinski definition) is 0. The SMILES string of the molecule is C[C@H]1Oc2ccc(Br)cc2[C@@H]2CC(c3ccccc3)=NN12. The van der Waals surface area contributed by atoms with Gasteiger partial charge in [0.25, 0.3) is 0 Å². The molecule has 4 heteroatoms. The Morgan fingerprint density at radius 1 is 1.19 bits per heavy atom. The first kappa shape index (κ1) is 12.9. The summed E-state index contributed by atoms with van der Waals surface area (Å²) in [5.41, 5.74) is 3.52. The van der Waals surface area contributed by atoms with Crippen LogP contribution < -0.4 is 4.74 Å². The Balaban J connectivity index is 1.74. The number of nitrogens with zero attached hydrogens (tertiary/aromatic N) is 2. The third-order valence-electron chi connectivity index (χ3n) is 4.05. The van der Waals surface area contributed by atoms with Crippen LogP contribution in [-0.4, -0.2) is 16.9 Å². The molecule has 0 aromatic heterocycles. The second-order valence-electron chi connectivity index (χ2n) is 5.41. The van der Waals surface area contributed by atoms with Crippen LogP contribution in [0.5, 0.6) is 5.75 Å². The van der Waals surface area contributed by atoms with Crippen LogP contribution in [0.1, 0.15) is 30.5 Å². The van der Waals surface area contributed by atoms with Crippen molar-refractivity contribution >= 4 is 21.6 Å².